The highest BCUT2D eigenvalue weighted by Gasteiger charge is 2.38. The second-order valence-corrected chi connectivity index (χ2v) is 13.8. The molecule has 0 unspecified atom stereocenters. The topological polar surface area (TPSA) is 13.1 Å². The molecule has 1 nitrogen and oxygen atoms in total. The zero-order valence-corrected chi connectivity index (χ0v) is 30.2. The Balaban J connectivity index is 0.000000150. The summed E-state index contributed by atoms with van der Waals surface area (Å²) in [5.41, 5.74) is 18.3. The summed E-state index contributed by atoms with van der Waals surface area (Å²) >= 11 is 0. The molecule has 248 valence electrons. The van der Waals surface area contributed by atoms with Crippen molar-refractivity contribution in [1.29, 1.82) is 0 Å². The smallest absolute Gasteiger partial charge is 0.135 e. The lowest BCUT2D eigenvalue weighted by molar-refractivity contribution is 0.656. The summed E-state index contributed by atoms with van der Waals surface area (Å²) in [6.07, 6.45) is 4.63. The fourth-order valence-corrected chi connectivity index (χ4v) is 7.74. The van der Waals surface area contributed by atoms with Crippen LogP contribution in [0.15, 0.2) is 156 Å². The molecule has 7 aromatic rings. The number of aryl methyl sites for hydroxylation is 1. The van der Waals surface area contributed by atoms with E-state index in [1.807, 2.05) is 19.9 Å². The third-order valence-electron chi connectivity index (χ3n) is 10.3. The molecule has 0 fully saturated rings. The van der Waals surface area contributed by atoms with Gasteiger partial charge in [-0.1, -0.05) is 172 Å². The number of benzene rings is 6. The largest absolute Gasteiger partial charge is 0.456 e. The van der Waals surface area contributed by atoms with Gasteiger partial charge in [-0.2, -0.15) is 0 Å². The maximum atomic E-state index is 6.09. The van der Waals surface area contributed by atoms with Gasteiger partial charge in [0.2, 0.25) is 0 Å². The van der Waals surface area contributed by atoms with Crippen molar-refractivity contribution in [3.63, 3.8) is 0 Å². The van der Waals surface area contributed by atoms with Gasteiger partial charge in [0, 0.05) is 16.2 Å². The monoisotopic (exact) mass is 650 g/mol. The molecule has 6 aromatic carbocycles. The van der Waals surface area contributed by atoms with Crippen LogP contribution in [0.1, 0.15) is 75.3 Å². The van der Waals surface area contributed by atoms with E-state index < -0.39 is 0 Å². The summed E-state index contributed by atoms with van der Waals surface area (Å²) in [5.74, 6) is 0. The zero-order chi connectivity index (χ0) is 34.8. The first-order valence-electron chi connectivity index (χ1n) is 18.1. The average Bonchev–Trinajstić information content (AvgIpc) is 3.65. The second-order valence-electron chi connectivity index (χ2n) is 13.8. The van der Waals surface area contributed by atoms with E-state index >= 15 is 0 Å². The number of hydrogen-bond donors (Lipinski definition) is 0. The van der Waals surface area contributed by atoms with Crippen LogP contribution in [0.3, 0.4) is 0 Å². The van der Waals surface area contributed by atoms with Crippen LogP contribution in [-0.2, 0) is 5.41 Å². The number of allylic oxidation sites excluding steroid dienone is 4. The maximum Gasteiger partial charge on any atom is 0.135 e. The molecule has 50 heavy (non-hydrogen) atoms. The van der Waals surface area contributed by atoms with E-state index in [4.69, 9.17) is 4.42 Å². The standard InChI is InChI=1S/C25H22.C22H18O.C2H6/c1-19-12-13-24(18-25(19)23-10-6-3-7-11-23)22-16-14-21(15-17-22)20-8-4-2-5-9-20;1-13-8-9-14-15-10-11-19-20(16-6-4-5-7-18(16)23-19)21(15)22(2,3)17(14)12-13;1-2/h2-11,14-18H,12-13H2,1H3;4-12H,1-3H3;1-2H3. The molecular formula is C49H46O. The Bertz CT molecular complexity index is 2350. The lowest BCUT2D eigenvalue weighted by Gasteiger charge is -2.22. The highest BCUT2D eigenvalue weighted by atomic mass is 16.3. The molecule has 2 aliphatic carbocycles. The fourth-order valence-electron chi connectivity index (χ4n) is 7.74. The number of fused-ring (bicyclic) bond motifs is 7. The highest BCUT2D eigenvalue weighted by molar-refractivity contribution is 6.11. The number of hydrogen-bond acceptors (Lipinski definition) is 1. The van der Waals surface area contributed by atoms with E-state index in [0.717, 1.165) is 24.0 Å². The minimum Gasteiger partial charge on any atom is -0.456 e. The third-order valence-corrected chi connectivity index (χ3v) is 10.3. The molecule has 1 heteroatoms. The van der Waals surface area contributed by atoms with Crippen molar-refractivity contribution < 1.29 is 4.42 Å². The fraction of sp³-hybridized carbons (Fsp3) is 0.184. The third kappa shape index (κ3) is 6.03. The molecule has 9 rings (SSSR count). The summed E-state index contributed by atoms with van der Waals surface area (Å²) in [5, 5.41) is 2.49. The molecule has 0 saturated carbocycles. The molecule has 0 spiro atoms. The van der Waals surface area contributed by atoms with Crippen molar-refractivity contribution in [3.8, 4) is 22.3 Å². The van der Waals surface area contributed by atoms with E-state index in [9.17, 15) is 0 Å². The molecule has 0 saturated heterocycles. The van der Waals surface area contributed by atoms with Gasteiger partial charge in [0.1, 0.15) is 11.2 Å². The van der Waals surface area contributed by atoms with Crippen molar-refractivity contribution in [2.75, 3.05) is 0 Å². The SMILES string of the molecule is CC.CC1=C(c2ccccc2)C=C(c2ccc(-c3ccccc3)cc2)CC1.Cc1ccc2c(c1)C(C)(C)c1c-2ccc2oc3ccccc3c12. The second kappa shape index (κ2) is 13.8. The van der Waals surface area contributed by atoms with Gasteiger partial charge in [-0.05, 0) is 94.5 Å². The van der Waals surface area contributed by atoms with Crippen LogP contribution >= 0.6 is 0 Å². The Morgan fingerprint density at radius 2 is 1.14 bits per heavy atom. The Morgan fingerprint density at radius 1 is 0.540 bits per heavy atom. The summed E-state index contributed by atoms with van der Waals surface area (Å²) in [6.45, 7) is 13.1. The summed E-state index contributed by atoms with van der Waals surface area (Å²) in [4.78, 5) is 0. The van der Waals surface area contributed by atoms with Crippen LogP contribution < -0.4 is 0 Å². The van der Waals surface area contributed by atoms with Gasteiger partial charge >= 0.3 is 0 Å². The predicted octanol–water partition coefficient (Wildman–Crippen LogP) is 14.2. The Kier molecular flexibility index (Phi) is 9.17. The molecule has 0 aliphatic heterocycles. The Morgan fingerprint density at radius 3 is 1.86 bits per heavy atom. The van der Waals surface area contributed by atoms with Crippen LogP contribution in [0.5, 0.6) is 0 Å². The summed E-state index contributed by atoms with van der Waals surface area (Å²) in [6, 6.07) is 49.8. The maximum absolute atomic E-state index is 6.09. The quantitative estimate of drug-likeness (QED) is 0.185. The number of rotatable bonds is 3. The van der Waals surface area contributed by atoms with Crippen LogP contribution in [0.4, 0.5) is 0 Å². The van der Waals surface area contributed by atoms with Crippen LogP contribution in [0.2, 0.25) is 0 Å². The molecule has 1 aromatic heterocycles. The molecule has 0 amide bonds. The average molecular weight is 651 g/mol. The van der Waals surface area contributed by atoms with E-state index in [-0.39, 0.29) is 5.41 Å². The van der Waals surface area contributed by atoms with Crippen molar-refractivity contribution in [2.45, 2.75) is 59.8 Å². The van der Waals surface area contributed by atoms with Crippen LogP contribution in [0, 0.1) is 6.92 Å². The molecular weight excluding hydrogens is 605 g/mol. The lowest BCUT2D eigenvalue weighted by Crippen LogP contribution is -2.15. The van der Waals surface area contributed by atoms with Crippen molar-refractivity contribution in [1.82, 2.24) is 0 Å². The van der Waals surface area contributed by atoms with E-state index in [2.05, 4.69) is 167 Å². The lowest BCUT2D eigenvalue weighted by atomic mass is 9.80. The zero-order valence-electron chi connectivity index (χ0n) is 30.2. The molecule has 2 aliphatic rings. The Labute approximate surface area is 297 Å². The highest BCUT2D eigenvalue weighted by Crippen LogP contribution is 2.53. The van der Waals surface area contributed by atoms with Crippen LogP contribution in [-0.4, -0.2) is 0 Å². The molecule has 0 bridgehead atoms. The first-order valence-corrected chi connectivity index (χ1v) is 18.1. The molecule has 0 N–H and O–H groups in total. The summed E-state index contributed by atoms with van der Waals surface area (Å²) in [7, 11) is 0. The first kappa shape index (κ1) is 33.1. The minimum atomic E-state index is -0.0111. The van der Waals surface area contributed by atoms with E-state index in [1.165, 1.54) is 77.6 Å². The van der Waals surface area contributed by atoms with Gasteiger partial charge in [-0.15, -0.1) is 0 Å². The minimum absolute atomic E-state index is 0.0111. The van der Waals surface area contributed by atoms with Gasteiger partial charge in [0.15, 0.2) is 0 Å². The van der Waals surface area contributed by atoms with E-state index in [1.54, 1.807) is 0 Å². The summed E-state index contributed by atoms with van der Waals surface area (Å²) < 4.78 is 6.09. The van der Waals surface area contributed by atoms with Crippen LogP contribution in [0.25, 0.3) is 55.3 Å². The first-order chi connectivity index (χ1) is 24.4. The normalized spacial score (nSPS) is 14.2. The van der Waals surface area contributed by atoms with Crippen molar-refractivity contribution >= 4 is 33.1 Å². The van der Waals surface area contributed by atoms with Gasteiger partial charge in [0.25, 0.3) is 0 Å². The van der Waals surface area contributed by atoms with Gasteiger partial charge in [0.05, 0.1) is 0 Å². The molecule has 0 atom stereocenters. The van der Waals surface area contributed by atoms with Gasteiger partial charge in [-0.3, -0.25) is 0 Å². The molecule has 1 heterocycles. The van der Waals surface area contributed by atoms with E-state index in [0.29, 0.717) is 0 Å². The number of para-hydroxylation sites is 1. The van der Waals surface area contributed by atoms with Gasteiger partial charge in [-0.25, -0.2) is 0 Å². The molecule has 0 radical (unpaired) electrons. The van der Waals surface area contributed by atoms with Crippen molar-refractivity contribution in [3.05, 3.63) is 179 Å². The number of furan rings is 1. The predicted molar refractivity (Wildman–Crippen MR) is 215 cm³/mol. The van der Waals surface area contributed by atoms with Crippen molar-refractivity contribution in [2.24, 2.45) is 0 Å². The Hall–Kier alpha value is -5.40. The van der Waals surface area contributed by atoms with Gasteiger partial charge < -0.3 is 4.42 Å².